The number of ether oxygens (including phenoxy) is 2. The van der Waals surface area contributed by atoms with Crippen molar-refractivity contribution in [3.05, 3.63) is 73.9 Å². The maximum Gasteiger partial charge on any atom is 0.316 e. The lowest BCUT2D eigenvalue weighted by Gasteiger charge is -2.17. The van der Waals surface area contributed by atoms with Gasteiger partial charge < -0.3 is 19.4 Å². The molecule has 152 valence electrons. The van der Waals surface area contributed by atoms with Crippen molar-refractivity contribution in [2.24, 2.45) is 0 Å². The first-order valence-electron chi connectivity index (χ1n) is 8.53. The molecule has 1 N–H and O–H groups in total. The second-order valence-electron chi connectivity index (χ2n) is 6.24. The Morgan fingerprint density at radius 3 is 2.48 bits per heavy atom. The lowest BCUT2D eigenvalue weighted by Crippen LogP contribution is -2.19. The summed E-state index contributed by atoms with van der Waals surface area (Å²) in [4.78, 5) is 16.3. The molecule has 0 aliphatic carbocycles. The van der Waals surface area contributed by atoms with Crippen LogP contribution in [0.15, 0.2) is 41.3 Å². The average molecular weight is 438 g/mol. The topological polar surface area (TPSA) is 65.4 Å². The van der Waals surface area contributed by atoms with Crippen LogP contribution in [0.2, 0.25) is 10.0 Å². The van der Waals surface area contributed by atoms with E-state index in [9.17, 15) is 9.18 Å². The number of methoxy groups -OCH3 is 2. The molecule has 0 bridgehead atoms. The highest BCUT2D eigenvalue weighted by Crippen LogP contribution is 2.32. The van der Waals surface area contributed by atoms with Crippen LogP contribution in [0.3, 0.4) is 0 Å². The molecule has 3 aromatic rings. The minimum atomic E-state index is -0.526. The monoisotopic (exact) mass is 437 g/mol. The van der Waals surface area contributed by atoms with Crippen molar-refractivity contribution < 1.29 is 13.9 Å². The zero-order chi connectivity index (χ0) is 21.1. The Morgan fingerprint density at radius 1 is 1.10 bits per heavy atom. The lowest BCUT2D eigenvalue weighted by atomic mass is 10.2. The number of halogens is 3. The van der Waals surface area contributed by atoms with Gasteiger partial charge in [-0.3, -0.25) is 4.79 Å². The van der Waals surface area contributed by atoms with E-state index in [4.69, 9.17) is 32.7 Å². The van der Waals surface area contributed by atoms with Crippen LogP contribution < -0.4 is 20.3 Å². The molecule has 1 heterocycles. The number of rotatable bonds is 6. The highest BCUT2D eigenvalue weighted by molar-refractivity contribution is 6.32. The van der Waals surface area contributed by atoms with Crippen molar-refractivity contribution in [3.8, 4) is 11.5 Å². The molecular formula is C20H18Cl2FN3O3. The number of benzene rings is 2. The van der Waals surface area contributed by atoms with E-state index in [0.29, 0.717) is 16.5 Å². The first kappa shape index (κ1) is 21.0. The smallest absolute Gasteiger partial charge is 0.316 e. The van der Waals surface area contributed by atoms with E-state index >= 15 is 0 Å². The fraction of sp³-hybridized carbons (Fsp3) is 0.200. The van der Waals surface area contributed by atoms with Crippen LogP contribution in [0.1, 0.15) is 11.1 Å². The van der Waals surface area contributed by atoms with Gasteiger partial charge in [0.15, 0.2) is 0 Å². The molecule has 6 nitrogen and oxygen atoms in total. The SMILES string of the molecule is COc1cc(Nc2nc(=O)c(OC)cn2Cc2ccc(F)c(Cl)c2)c(C)cc1Cl. The van der Waals surface area contributed by atoms with Crippen LogP contribution in [0.25, 0.3) is 0 Å². The summed E-state index contributed by atoms with van der Waals surface area (Å²) >= 11 is 12.0. The van der Waals surface area contributed by atoms with Crippen LogP contribution in [-0.4, -0.2) is 23.8 Å². The van der Waals surface area contributed by atoms with Gasteiger partial charge in [-0.1, -0.05) is 29.3 Å². The molecule has 3 rings (SSSR count). The molecule has 2 aromatic carbocycles. The molecule has 0 spiro atoms. The van der Waals surface area contributed by atoms with Gasteiger partial charge in [-0.25, -0.2) is 4.39 Å². The van der Waals surface area contributed by atoms with Crippen molar-refractivity contribution in [1.29, 1.82) is 0 Å². The molecule has 0 amide bonds. The molecule has 0 saturated carbocycles. The predicted molar refractivity (Wildman–Crippen MR) is 112 cm³/mol. The average Bonchev–Trinajstić information content (AvgIpc) is 2.68. The van der Waals surface area contributed by atoms with Crippen molar-refractivity contribution in [2.45, 2.75) is 13.5 Å². The van der Waals surface area contributed by atoms with Gasteiger partial charge >= 0.3 is 5.56 Å². The van der Waals surface area contributed by atoms with Crippen molar-refractivity contribution in [2.75, 3.05) is 19.5 Å². The van der Waals surface area contributed by atoms with Crippen molar-refractivity contribution in [1.82, 2.24) is 9.55 Å². The number of nitrogens with zero attached hydrogens (tertiary/aromatic N) is 2. The zero-order valence-corrected chi connectivity index (χ0v) is 17.4. The van der Waals surface area contributed by atoms with Crippen molar-refractivity contribution in [3.63, 3.8) is 0 Å². The Morgan fingerprint density at radius 2 is 1.83 bits per heavy atom. The highest BCUT2D eigenvalue weighted by atomic mass is 35.5. The third-order valence-corrected chi connectivity index (χ3v) is 4.85. The van der Waals surface area contributed by atoms with Gasteiger partial charge in [0.1, 0.15) is 11.6 Å². The van der Waals surface area contributed by atoms with Crippen LogP contribution >= 0.6 is 23.2 Å². The molecular weight excluding hydrogens is 420 g/mol. The minimum absolute atomic E-state index is 0.0104. The summed E-state index contributed by atoms with van der Waals surface area (Å²) in [5, 5.41) is 3.61. The molecule has 0 aliphatic heterocycles. The van der Waals surface area contributed by atoms with Gasteiger partial charge in [0.2, 0.25) is 11.7 Å². The summed E-state index contributed by atoms with van der Waals surface area (Å²) in [5.74, 6) is 0.318. The fourth-order valence-electron chi connectivity index (χ4n) is 2.73. The summed E-state index contributed by atoms with van der Waals surface area (Å²) in [6.45, 7) is 2.13. The molecule has 29 heavy (non-hydrogen) atoms. The third kappa shape index (κ3) is 4.63. The second kappa shape index (κ2) is 8.71. The first-order valence-corrected chi connectivity index (χ1v) is 9.28. The van der Waals surface area contributed by atoms with Crippen LogP contribution in [0, 0.1) is 12.7 Å². The Balaban J connectivity index is 2.05. The first-order chi connectivity index (χ1) is 13.8. The Hall–Kier alpha value is -2.77. The Bertz CT molecular complexity index is 1120. The maximum absolute atomic E-state index is 13.5. The Kier molecular flexibility index (Phi) is 6.30. The molecule has 1 aromatic heterocycles. The molecule has 0 atom stereocenters. The number of aryl methyl sites for hydroxylation is 1. The van der Waals surface area contributed by atoms with E-state index in [1.54, 1.807) is 22.8 Å². The van der Waals surface area contributed by atoms with E-state index in [0.717, 1.165) is 11.1 Å². The van der Waals surface area contributed by atoms with Gasteiger partial charge in [-0.05, 0) is 36.2 Å². The van der Waals surface area contributed by atoms with Gasteiger partial charge in [0, 0.05) is 11.8 Å². The summed E-state index contributed by atoms with van der Waals surface area (Å²) < 4.78 is 25.5. The number of hydrogen-bond donors (Lipinski definition) is 1. The van der Waals surface area contributed by atoms with E-state index in [2.05, 4.69) is 10.3 Å². The van der Waals surface area contributed by atoms with Gasteiger partial charge in [0.05, 0.1) is 37.0 Å². The molecule has 0 aliphatic rings. The quantitative estimate of drug-likeness (QED) is 0.599. The Labute approximate surface area is 176 Å². The number of aromatic nitrogens is 2. The summed E-state index contributed by atoms with van der Waals surface area (Å²) in [7, 11) is 2.90. The molecule has 0 unspecified atom stereocenters. The van der Waals surface area contributed by atoms with E-state index < -0.39 is 11.4 Å². The maximum atomic E-state index is 13.5. The number of anilines is 2. The highest BCUT2D eigenvalue weighted by Gasteiger charge is 2.13. The largest absolute Gasteiger partial charge is 0.495 e. The third-order valence-electron chi connectivity index (χ3n) is 4.27. The summed E-state index contributed by atoms with van der Waals surface area (Å²) in [5.41, 5.74) is 1.69. The van der Waals surface area contributed by atoms with Gasteiger partial charge in [-0.15, -0.1) is 0 Å². The van der Waals surface area contributed by atoms with Crippen LogP contribution in [-0.2, 0) is 6.54 Å². The predicted octanol–water partition coefficient (Wildman–Crippen LogP) is 4.81. The van der Waals surface area contributed by atoms with Gasteiger partial charge in [0.25, 0.3) is 0 Å². The normalized spacial score (nSPS) is 10.7. The van der Waals surface area contributed by atoms with Crippen LogP contribution in [0.5, 0.6) is 11.5 Å². The molecule has 0 radical (unpaired) electrons. The van der Waals surface area contributed by atoms with Crippen LogP contribution in [0.4, 0.5) is 16.0 Å². The number of nitrogens with one attached hydrogen (secondary N) is 1. The standard InChI is InChI=1S/C20H18Cl2FN3O3/c1-11-6-14(22)17(28-2)8-16(11)24-20-25-19(27)18(29-3)10-26(20)9-12-4-5-15(23)13(21)7-12/h4-8,10H,9H2,1-3H3,(H,24,25,27). The minimum Gasteiger partial charge on any atom is -0.495 e. The zero-order valence-electron chi connectivity index (χ0n) is 15.9. The van der Waals surface area contributed by atoms with Crippen molar-refractivity contribution >= 4 is 34.8 Å². The van der Waals surface area contributed by atoms with E-state index in [-0.39, 0.29) is 23.3 Å². The second-order valence-corrected chi connectivity index (χ2v) is 7.06. The number of hydrogen-bond acceptors (Lipinski definition) is 5. The summed E-state index contributed by atoms with van der Waals surface area (Å²) in [6.07, 6.45) is 1.53. The van der Waals surface area contributed by atoms with E-state index in [1.807, 2.05) is 6.92 Å². The summed E-state index contributed by atoms with van der Waals surface area (Å²) in [6, 6.07) is 7.86. The molecule has 0 fully saturated rings. The molecule has 0 saturated heterocycles. The molecule has 9 heteroatoms. The lowest BCUT2D eigenvalue weighted by molar-refractivity contribution is 0.402. The fourth-order valence-corrected chi connectivity index (χ4v) is 3.23. The van der Waals surface area contributed by atoms with E-state index in [1.165, 1.54) is 32.5 Å². The van der Waals surface area contributed by atoms with Gasteiger partial charge in [-0.2, -0.15) is 4.98 Å².